The SMILES string of the molecule is Cc1nc(C2CC2)cc(=O)n1CC(F)(F)F. The first-order chi connectivity index (χ1) is 7.37. The first-order valence-electron chi connectivity index (χ1n) is 5.02. The quantitative estimate of drug-likeness (QED) is 0.781. The third-order valence-corrected chi connectivity index (χ3v) is 2.55. The average Bonchev–Trinajstić information content (AvgIpc) is 2.92. The van der Waals surface area contributed by atoms with Crippen molar-refractivity contribution in [2.75, 3.05) is 0 Å². The molecule has 3 nitrogen and oxygen atoms in total. The van der Waals surface area contributed by atoms with Gasteiger partial charge < -0.3 is 0 Å². The Morgan fingerprint density at radius 3 is 2.56 bits per heavy atom. The van der Waals surface area contributed by atoms with Crippen molar-refractivity contribution in [2.45, 2.75) is 38.4 Å². The van der Waals surface area contributed by atoms with E-state index in [1.54, 1.807) is 0 Å². The Morgan fingerprint density at radius 2 is 2.12 bits per heavy atom. The van der Waals surface area contributed by atoms with Gasteiger partial charge in [0.05, 0.1) is 5.69 Å². The average molecular weight is 232 g/mol. The summed E-state index contributed by atoms with van der Waals surface area (Å²) < 4.78 is 37.2. The largest absolute Gasteiger partial charge is 0.406 e. The van der Waals surface area contributed by atoms with Crippen LogP contribution in [0.2, 0.25) is 0 Å². The van der Waals surface area contributed by atoms with Gasteiger partial charge >= 0.3 is 6.18 Å². The number of aromatic nitrogens is 2. The van der Waals surface area contributed by atoms with Gasteiger partial charge in [-0.2, -0.15) is 13.2 Å². The highest BCUT2D eigenvalue weighted by Crippen LogP contribution is 2.38. The van der Waals surface area contributed by atoms with Crippen LogP contribution < -0.4 is 5.56 Å². The van der Waals surface area contributed by atoms with E-state index in [0.717, 1.165) is 12.8 Å². The molecule has 1 aromatic rings. The first kappa shape index (κ1) is 11.2. The van der Waals surface area contributed by atoms with Gasteiger partial charge in [0, 0.05) is 12.0 Å². The van der Waals surface area contributed by atoms with Gasteiger partial charge in [0.15, 0.2) is 0 Å². The van der Waals surface area contributed by atoms with E-state index in [-0.39, 0.29) is 11.7 Å². The minimum absolute atomic E-state index is 0.131. The van der Waals surface area contributed by atoms with Gasteiger partial charge in [-0.25, -0.2) is 4.98 Å². The van der Waals surface area contributed by atoms with Crippen molar-refractivity contribution >= 4 is 0 Å². The molecule has 6 heteroatoms. The molecule has 0 radical (unpaired) electrons. The zero-order valence-electron chi connectivity index (χ0n) is 8.71. The lowest BCUT2D eigenvalue weighted by molar-refractivity contribution is -0.141. The van der Waals surface area contributed by atoms with E-state index < -0.39 is 18.3 Å². The Balaban J connectivity index is 2.35. The maximum Gasteiger partial charge on any atom is 0.406 e. The molecule has 1 aromatic heterocycles. The number of alkyl halides is 3. The molecule has 0 unspecified atom stereocenters. The molecule has 0 atom stereocenters. The van der Waals surface area contributed by atoms with Crippen molar-refractivity contribution in [3.63, 3.8) is 0 Å². The van der Waals surface area contributed by atoms with Gasteiger partial charge in [0.1, 0.15) is 12.4 Å². The molecule has 0 aromatic carbocycles. The zero-order valence-corrected chi connectivity index (χ0v) is 8.71. The van der Waals surface area contributed by atoms with Gasteiger partial charge in [0.25, 0.3) is 5.56 Å². The van der Waals surface area contributed by atoms with E-state index >= 15 is 0 Å². The van der Waals surface area contributed by atoms with Gasteiger partial charge in [-0.1, -0.05) is 0 Å². The molecule has 1 heterocycles. The molecule has 2 rings (SSSR count). The third-order valence-electron chi connectivity index (χ3n) is 2.55. The minimum Gasteiger partial charge on any atom is -0.288 e. The molecule has 1 fully saturated rings. The molecule has 0 amide bonds. The van der Waals surface area contributed by atoms with Crippen LogP contribution in [0, 0.1) is 6.92 Å². The molecule has 1 aliphatic rings. The summed E-state index contributed by atoms with van der Waals surface area (Å²) >= 11 is 0. The van der Waals surface area contributed by atoms with Crippen molar-refractivity contribution < 1.29 is 13.2 Å². The number of hydrogen-bond acceptors (Lipinski definition) is 2. The minimum atomic E-state index is -4.39. The number of halogens is 3. The fourth-order valence-electron chi connectivity index (χ4n) is 1.60. The molecule has 88 valence electrons. The fraction of sp³-hybridized carbons (Fsp3) is 0.600. The Labute approximate surface area is 89.9 Å². The zero-order chi connectivity index (χ0) is 11.9. The predicted molar refractivity (Wildman–Crippen MR) is 51.3 cm³/mol. The Morgan fingerprint density at radius 1 is 1.50 bits per heavy atom. The van der Waals surface area contributed by atoms with Crippen LogP contribution >= 0.6 is 0 Å². The van der Waals surface area contributed by atoms with Crippen molar-refractivity contribution in [2.24, 2.45) is 0 Å². The summed E-state index contributed by atoms with van der Waals surface area (Å²) in [5, 5.41) is 0. The third kappa shape index (κ3) is 2.43. The first-order valence-corrected chi connectivity index (χ1v) is 5.02. The van der Waals surface area contributed by atoms with Crippen LogP contribution in [0.5, 0.6) is 0 Å². The van der Waals surface area contributed by atoms with Gasteiger partial charge in [-0.05, 0) is 19.8 Å². The second-order valence-corrected chi connectivity index (χ2v) is 4.04. The smallest absolute Gasteiger partial charge is 0.288 e. The Bertz CT molecular complexity index is 460. The van der Waals surface area contributed by atoms with E-state index in [4.69, 9.17) is 0 Å². The summed E-state index contributed by atoms with van der Waals surface area (Å²) in [4.78, 5) is 15.5. The lowest BCUT2D eigenvalue weighted by Crippen LogP contribution is -2.30. The summed E-state index contributed by atoms with van der Waals surface area (Å²) in [6, 6.07) is 1.22. The monoisotopic (exact) mass is 232 g/mol. The summed E-state index contributed by atoms with van der Waals surface area (Å²) in [6.07, 6.45) is -2.46. The standard InChI is InChI=1S/C10H11F3N2O/c1-6-14-8(7-2-3-7)4-9(16)15(6)5-10(11,12)13/h4,7H,2-3,5H2,1H3. The van der Waals surface area contributed by atoms with E-state index in [1.807, 2.05) is 0 Å². The van der Waals surface area contributed by atoms with E-state index in [2.05, 4.69) is 4.98 Å². The molecular formula is C10H11F3N2O. The van der Waals surface area contributed by atoms with Crippen LogP contribution in [0.25, 0.3) is 0 Å². The second kappa shape index (κ2) is 3.61. The van der Waals surface area contributed by atoms with Crippen molar-refractivity contribution in [1.29, 1.82) is 0 Å². The van der Waals surface area contributed by atoms with Crippen LogP contribution in [0.4, 0.5) is 13.2 Å². The lowest BCUT2D eigenvalue weighted by atomic mass is 10.3. The van der Waals surface area contributed by atoms with Gasteiger partial charge in [-0.15, -0.1) is 0 Å². The van der Waals surface area contributed by atoms with Crippen LogP contribution in [0.3, 0.4) is 0 Å². The maximum atomic E-state index is 12.2. The Hall–Kier alpha value is -1.33. The number of aryl methyl sites for hydroxylation is 1. The summed E-state index contributed by atoms with van der Waals surface area (Å²) in [5.74, 6) is 0.402. The molecule has 0 spiro atoms. The maximum absolute atomic E-state index is 12.2. The fourth-order valence-corrected chi connectivity index (χ4v) is 1.60. The summed E-state index contributed by atoms with van der Waals surface area (Å²) in [5.41, 5.74) is 0.00708. The van der Waals surface area contributed by atoms with Crippen LogP contribution in [0.1, 0.15) is 30.3 Å². The molecular weight excluding hydrogens is 221 g/mol. The highest BCUT2D eigenvalue weighted by Gasteiger charge is 2.31. The molecule has 1 aliphatic carbocycles. The predicted octanol–water partition coefficient (Wildman–Crippen LogP) is 1.99. The van der Waals surface area contributed by atoms with Crippen LogP contribution in [-0.2, 0) is 6.54 Å². The highest BCUT2D eigenvalue weighted by atomic mass is 19.4. The van der Waals surface area contributed by atoms with Crippen molar-refractivity contribution in [3.8, 4) is 0 Å². The van der Waals surface area contributed by atoms with E-state index in [1.165, 1.54) is 13.0 Å². The molecule has 0 N–H and O–H groups in total. The normalized spacial score (nSPS) is 16.5. The lowest BCUT2D eigenvalue weighted by Gasteiger charge is -2.12. The van der Waals surface area contributed by atoms with Gasteiger partial charge in [-0.3, -0.25) is 9.36 Å². The number of hydrogen-bond donors (Lipinski definition) is 0. The van der Waals surface area contributed by atoms with Crippen molar-refractivity contribution in [1.82, 2.24) is 9.55 Å². The van der Waals surface area contributed by atoms with Crippen LogP contribution in [-0.4, -0.2) is 15.7 Å². The summed E-state index contributed by atoms with van der Waals surface area (Å²) in [7, 11) is 0. The molecule has 1 saturated carbocycles. The topological polar surface area (TPSA) is 34.9 Å². The number of rotatable bonds is 2. The molecule has 0 aliphatic heterocycles. The molecule has 0 bridgehead atoms. The summed E-state index contributed by atoms with van der Waals surface area (Å²) in [6.45, 7) is 0.161. The second-order valence-electron chi connectivity index (χ2n) is 4.04. The molecule has 0 saturated heterocycles. The molecule has 16 heavy (non-hydrogen) atoms. The highest BCUT2D eigenvalue weighted by molar-refractivity contribution is 5.14. The van der Waals surface area contributed by atoms with Crippen LogP contribution in [0.15, 0.2) is 10.9 Å². The van der Waals surface area contributed by atoms with Gasteiger partial charge in [0.2, 0.25) is 0 Å². The Kier molecular flexibility index (Phi) is 2.52. The number of nitrogens with zero attached hydrogens (tertiary/aromatic N) is 2. The van der Waals surface area contributed by atoms with E-state index in [0.29, 0.717) is 10.3 Å². The van der Waals surface area contributed by atoms with Crippen molar-refractivity contribution in [3.05, 3.63) is 27.9 Å². The van der Waals surface area contributed by atoms with E-state index in [9.17, 15) is 18.0 Å².